The number of halogens is 1. The topological polar surface area (TPSA) is 64.0 Å². The van der Waals surface area contributed by atoms with Crippen molar-refractivity contribution in [3.05, 3.63) is 51.2 Å². The van der Waals surface area contributed by atoms with Gasteiger partial charge < -0.3 is 5.32 Å². The van der Waals surface area contributed by atoms with Gasteiger partial charge in [0, 0.05) is 22.1 Å². The van der Waals surface area contributed by atoms with Crippen molar-refractivity contribution in [3.8, 4) is 11.3 Å². The monoisotopic (exact) mass is 363 g/mol. The maximum atomic E-state index is 11.9. The summed E-state index contributed by atoms with van der Waals surface area (Å²) in [5, 5.41) is 7.10. The number of benzene rings is 1. The van der Waals surface area contributed by atoms with E-state index in [4.69, 9.17) is 0 Å². The van der Waals surface area contributed by atoms with E-state index in [0.717, 1.165) is 16.5 Å². The highest BCUT2D eigenvalue weighted by Crippen LogP contribution is 2.18. The number of nitrogens with zero attached hydrogens (tertiary/aromatic N) is 2. The molecule has 1 amide bonds. The van der Waals surface area contributed by atoms with Crippen LogP contribution in [0.3, 0.4) is 0 Å². The zero-order chi connectivity index (χ0) is 16.1. The minimum atomic E-state index is -0.292. The summed E-state index contributed by atoms with van der Waals surface area (Å²) < 4.78 is 2.16. The lowest BCUT2D eigenvalue weighted by Gasteiger charge is -2.12. The Morgan fingerprint density at radius 1 is 1.27 bits per heavy atom. The number of nitrogens with one attached hydrogen (secondary N) is 1. The van der Waals surface area contributed by atoms with Crippen LogP contribution < -0.4 is 10.9 Å². The predicted molar refractivity (Wildman–Crippen MR) is 89.5 cm³/mol. The van der Waals surface area contributed by atoms with Crippen molar-refractivity contribution in [2.24, 2.45) is 0 Å². The molecular weight excluding hydrogens is 346 g/mol. The van der Waals surface area contributed by atoms with E-state index in [-0.39, 0.29) is 24.1 Å². The molecule has 6 heteroatoms. The van der Waals surface area contributed by atoms with E-state index in [2.05, 4.69) is 26.3 Å². The molecule has 1 unspecified atom stereocenters. The molecule has 22 heavy (non-hydrogen) atoms. The molecule has 1 N–H and O–H groups in total. The molecule has 0 spiro atoms. The van der Waals surface area contributed by atoms with Crippen LogP contribution in [0.25, 0.3) is 11.3 Å². The van der Waals surface area contributed by atoms with Gasteiger partial charge in [-0.25, -0.2) is 4.68 Å². The molecule has 1 aromatic carbocycles. The average Bonchev–Trinajstić information content (AvgIpc) is 2.50. The van der Waals surface area contributed by atoms with Crippen molar-refractivity contribution in [2.75, 3.05) is 0 Å². The third-order valence-corrected chi connectivity index (χ3v) is 3.85. The second kappa shape index (κ2) is 7.35. The lowest BCUT2D eigenvalue weighted by atomic mass is 10.1. The summed E-state index contributed by atoms with van der Waals surface area (Å²) in [6.07, 6.45) is 0.840. The van der Waals surface area contributed by atoms with Crippen LogP contribution in [0, 0.1) is 0 Å². The molecule has 5 nitrogen and oxygen atoms in total. The predicted octanol–water partition coefficient (Wildman–Crippen LogP) is 2.59. The van der Waals surface area contributed by atoms with Crippen molar-refractivity contribution in [1.29, 1.82) is 0 Å². The van der Waals surface area contributed by atoms with Gasteiger partial charge in [-0.2, -0.15) is 5.10 Å². The third-order valence-electron chi connectivity index (χ3n) is 3.32. The average molecular weight is 364 g/mol. The molecule has 0 saturated heterocycles. The Bertz CT molecular complexity index is 710. The summed E-state index contributed by atoms with van der Waals surface area (Å²) in [6, 6.07) is 10.8. The number of rotatable bonds is 5. The van der Waals surface area contributed by atoms with E-state index in [1.54, 1.807) is 6.07 Å². The summed E-state index contributed by atoms with van der Waals surface area (Å²) >= 11 is 3.38. The first-order valence-electron chi connectivity index (χ1n) is 7.13. The van der Waals surface area contributed by atoms with E-state index >= 15 is 0 Å². The van der Waals surface area contributed by atoms with Crippen molar-refractivity contribution >= 4 is 21.8 Å². The molecule has 2 rings (SSSR count). The first-order valence-corrected chi connectivity index (χ1v) is 7.92. The lowest BCUT2D eigenvalue weighted by molar-refractivity contribution is -0.122. The zero-order valence-corrected chi connectivity index (χ0v) is 14.1. The highest BCUT2D eigenvalue weighted by molar-refractivity contribution is 9.10. The summed E-state index contributed by atoms with van der Waals surface area (Å²) in [5.74, 6) is -0.211. The fourth-order valence-corrected chi connectivity index (χ4v) is 2.16. The number of carbonyl (C=O) groups is 1. The highest BCUT2D eigenvalue weighted by Gasteiger charge is 2.09. The Balaban J connectivity index is 2.22. The molecule has 1 atom stereocenters. The van der Waals surface area contributed by atoms with Crippen molar-refractivity contribution in [2.45, 2.75) is 32.9 Å². The molecule has 0 aliphatic carbocycles. The van der Waals surface area contributed by atoms with Gasteiger partial charge in [-0.15, -0.1) is 0 Å². The lowest BCUT2D eigenvalue weighted by Crippen LogP contribution is -2.37. The van der Waals surface area contributed by atoms with Gasteiger partial charge in [0.1, 0.15) is 6.54 Å². The number of amides is 1. The number of aromatic nitrogens is 2. The van der Waals surface area contributed by atoms with Crippen LogP contribution in [-0.2, 0) is 11.3 Å². The second-order valence-corrected chi connectivity index (χ2v) is 6.01. The Hall–Kier alpha value is -1.95. The molecular formula is C16H18BrN3O2. The third kappa shape index (κ3) is 4.27. The van der Waals surface area contributed by atoms with Crippen molar-refractivity contribution < 1.29 is 4.79 Å². The quantitative estimate of drug-likeness (QED) is 0.887. The van der Waals surface area contributed by atoms with Crippen LogP contribution in [0.4, 0.5) is 0 Å². The number of carbonyl (C=O) groups excluding carboxylic acids is 1. The van der Waals surface area contributed by atoms with Gasteiger partial charge in [0.05, 0.1) is 5.69 Å². The van der Waals surface area contributed by atoms with Gasteiger partial charge in [0.2, 0.25) is 5.91 Å². The molecule has 0 bridgehead atoms. The van der Waals surface area contributed by atoms with Gasteiger partial charge >= 0.3 is 0 Å². The molecule has 0 radical (unpaired) electrons. The van der Waals surface area contributed by atoms with E-state index in [9.17, 15) is 9.59 Å². The van der Waals surface area contributed by atoms with Crippen molar-refractivity contribution in [3.63, 3.8) is 0 Å². The largest absolute Gasteiger partial charge is 0.352 e. The maximum absolute atomic E-state index is 11.9. The summed E-state index contributed by atoms with van der Waals surface area (Å²) in [4.78, 5) is 23.8. The standard InChI is InChI=1S/C16H18BrN3O2/c1-3-11(2)18-15(21)10-20-16(22)9-8-14(19-20)12-4-6-13(17)7-5-12/h4-9,11H,3,10H2,1-2H3,(H,18,21). The zero-order valence-electron chi connectivity index (χ0n) is 12.5. The maximum Gasteiger partial charge on any atom is 0.267 e. The molecule has 116 valence electrons. The van der Waals surface area contributed by atoms with Crippen LogP contribution in [0.15, 0.2) is 45.7 Å². The second-order valence-electron chi connectivity index (χ2n) is 5.10. The molecule has 0 aliphatic heterocycles. The van der Waals surface area contributed by atoms with Gasteiger partial charge in [-0.05, 0) is 31.5 Å². The minimum Gasteiger partial charge on any atom is -0.352 e. The molecule has 1 heterocycles. The van der Waals surface area contributed by atoms with Gasteiger partial charge in [0.15, 0.2) is 0 Å². The van der Waals surface area contributed by atoms with Crippen LogP contribution >= 0.6 is 15.9 Å². The van der Waals surface area contributed by atoms with Crippen LogP contribution in [0.1, 0.15) is 20.3 Å². The Kier molecular flexibility index (Phi) is 5.49. The smallest absolute Gasteiger partial charge is 0.267 e. The van der Waals surface area contributed by atoms with Crippen LogP contribution in [-0.4, -0.2) is 21.7 Å². The molecule has 1 aromatic heterocycles. The van der Waals surface area contributed by atoms with Crippen LogP contribution in [0.5, 0.6) is 0 Å². The number of hydrogen-bond donors (Lipinski definition) is 1. The Labute approximate surface area is 137 Å². The van der Waals surface area contributed by atoms with E-state index < -0.39 is 0 Å². The fourth-order valence-electron chi connectivity index (χ4n) is 1.90. The van der Waals surface area contributed by atoms with E-state index in [0.29, 0.717) is 5.69 Å². The number of hydrogen-bond acceptors (Lipinski definition) is 3. The molecule has 0 fully saturated rings. The fraction of sp³-hybridized carbons (Fsp3) is 0.312. The minimum absolute atomic E-state index is 0.0759. The highest BCUT2D eigenvalue weighted by atomic mass is 79.9. The summed E-state index contributed by atoms with van der Waals surface area (Å²) in [5.41, 5.74) is 1.25. The van der Waals surface area contributed by atoms with E-state index in [1.165, 1.54) is 10.7 Å². The van der Waals surface area contributed by atoms with Gasteiger partial charge in [-0.3, -0.25) is 9.59 Å². The summed E-state index contributed by atoms with van der Waals surface area (Å²) in [6.45, 7) is 3.84. The normalized spacial score (nSPS) is 12.0. The SMILES string of the molecule is CCC(C)NC(=O)Cn1nc(-c2ccc(Br)cc2)ccc1=O. The first kappa shape index (κ1) is 16.4. The summed E-state index contributed by atoms with van der Waals surface area (Å²) in [7, 11) is 0. The molecule has 2 aromatic rings. The molecule has 0 aliphatic rings. The van der Waals surface area contributed by atoms with Crippen molar-refractivity contribution in [1.82, 2.24) is 15.1 Å². The van der Waals surface area contributed by atoms with Gasteiger partial charge in [-0.1, -0.05) is 35.0 Å². The van der Waals surface area contributed by atoms with Crippen LogP contribution in [0.2, 0.25) is 0 Å². The Morgan fingerprint density at radius 3 is 2.59 bits per heavy atom. The molecule has 0 saturated carbocycles. The first-order chi connectivity index (χ1) is 10.5. The Morgan fingerprint density at radius 2 is 1.95 bits per heavy atom. The van der Waals surface area contributed by atoms with E-state index in [1.807, 2.05) is 38.1 Å². The van der Waals surface area contributed by atoms with Gasteiger partial charge in [0.25, 0.3) is 5.56 Å².